The largest absolute Gasteiger partial charge is 0.416 e. The van der Waals surface area contributed by atoms with Gasteiger partial charge >= 0.3 is 6.18 Å². The van der Waals surface area contributed by atoms with Crippen LogP contribution in [0, 0.1) is 22.5 Å². The molecule has 1 unspecified atom stereocenters. The highest BCUT2D eigenvalue weighted by Crippen LogP contribution is 2.35. The van der Waals surface area contributed by atoms with E-state index < -0.39 is 22.4 Å². The van der Waals surface area contributed by atoms with Gasteiger partial charge in [-0.05, 0) is 18.6 Å². The van der Waals surface area contributed by atoms with Gasteiger partial charge in [-0.1, -0.05) is 6.92 Å². The Balaban J connectivity index is 3.14. The Morgan fingerprint density at radius 2 is 2.15 bits per heavy atom. The van der Waals surface area contributed by atoms with Gasteiger partial charge in [0.15, 0.2) is 0 Å². The monoisotopic (exact) mass is 286 g/mol. The highest BCUT2D eigenvalue weighted by Gasteiger charge is 2.33. The molecule has 0 saturated carbocycles. The Bertz CT molecular complexity index is 535. The molecule has 0 radical (unpaired) electrons. The van der Waals surface area contributed by atoms with Crippen LogP contribution in [0.5, 0.6) is 0 Å². The molecule has 0 aliphatic rings. The topological polar surface area (TPSA) is 55.2 Å². The lowest BCUT2D eigenvalue weighted by molar-refractivity contribution is -0.384. The van der Waals surface area contributed by atoms with Crippen molar-refractivity contribution in [3.05, 3.63) is 33.9 Å². The van der Waals surface area contributed by atoms with E-state index in [4.69, 9.17) is 6.42 Å². The number of nitrogens with zero attached hydrogens (tertiary/aromatic N) is 1. The Morgan fingerprint density at radius 1 is 1.50 bits per heavy atom. The predicted octanol–water partition coefficient (Wildman–Crippen LogP) is 3.83. The molecule has 4 nitrogen and oxygen atoms in total. The van der Waals surface area contributed by atoms with Crippen molar-refractivity contribution in [2.45, 2.75) is 32.0 Å². The molecule has 0 aliphatic heterocycles. The maximum atomic E-state index is 12.5. The number of rotatable bonds is 5. The molecule has 0 aliphatic carbocycles. The van der Waals surface area contributed by atoms with Crippen molar-refractivity contribution in [1.82, 2.24) is 0 Å². The molecule has 1 atom stereocenters. The van der Waals surface area contributed by atoms with Crippen molar-refractivity contribution < 1.29 is 18.1 Å². The van der Waals surface area contributed by atoms with Gasteiger partial charge in [-0.25, -0.2) is 0 Å². The molecular weight excluding hydrogens is 273 g/mol. The summed E-state index contributed by atoms with van der Waals surface area (Å²) in [6.45, 7) is 1.82. The molecule has 1 aromatic carbocycles. The number of nitro groups is 1. The zero-order valence-corrected chi connectivity index (χ0v) is 10.7. The third-order valence-corrected chi connectivity index (χ3v) is 2.74. The average Bonchev–Trinajstić information content (AvgIpc) is 2.36. The quantitative estimate of drug-likeness (QED) is 0.508. The highest BCUT2D eigenvalue weighted by atomic mass is 19.4. The summed E-state index contributed by atoms with van der Waals surface area (Å²) in [5.74, 6) is 2.41. The number of nitrogens with one attached hydrogen (secondary N) is 1. The second-order valence-electron chi connectivity index (χ2n) is 4.14. The van der Waals surface area contributed by atoms with Crippen LogP contribution in [0.25, 0.3) is 0 Å². The third-order valence-electron chi connectivity index (χ3n) is 2.74. The van der Waals surface area contributed by atoms with E-state index in [0.29, 0.717) is 18.9 Å². The number of terminal acetylenes is 1. The van der Waals surface area contributed by atoms with E-state index >= 15 is 0 Å². The first-order chi connectivity index (χ1) is 9.29. The van der Waals surface area contributed by atoms with Gasteiger partial charge in [-0.15, -0.1) is 12.3 Å². The fraction of sp³-hybridized carbons (Fsp3) is 0.385. The van der Waals surface area contributed by atoms with Gasteiger partial charge < -0.3 is 5.32 Å². The first-order valence-electron chi connectivity index (χ1n) is 5.85. The summed E-state index contributed by atoms with van der Waals surface area (Å²) in [6, 6.07) is 2.15. The van der Waals surface area contributed by atoms with Crippen LogP contribution in [0.2, 0.25) is 0 Å². The van der Waals surface area contributed by atoms with E-state index in [1.54, 1.807) is 0 Å². The van der Waals surface area contributed by atoms with Crippen LogP contribution in [0.15, 0.2) is 18.2 Å². The van der Waals surface area contributed by atoms with E-state index in [-0.39, 0.29) is 11.7 Å². The van der Waals surface area contributed by atoms with E-state index in [0.717, 1.165) is 12.1 Å². The predicted molar refractivity (Wildman–Crippen MR) is 69.3 cm³/mol. The Morgan fingerprint density at radius 3 is 2.60 bits per heavy atom. The van der Waals surface area contributed by atoms with Gasteiger partial charge in [0, 0.05) is 18.5 Å². The standard InChI is InChI=1S/C13H13F3N2O2/c1-3-5-10(4-2)17-11-7-6-9(13(14,15)16)8-12(11)18(19)20/h1,6-8,10,17H,4-5H2,2H3. The molecule has 20 heavy (non-hydrogen) atoms. The molecule has 0 spiro atoms. The molecule has 1 rings (SSSR count). The maximum Gasteiger partial charge on any atom is 0.416 e. The molecule has 0 saturated heterocycles. The summed E-state index contributed by atoms with van der Waals surface area (Å²) in [4.78, 5) is 10.0. The van der Waals surface area contributed by atoms with E-state index in [1.165, 1.54) is 0 Å². The number of hydrogen-bond donors (Lipinski definition) is 1. The van der Waals surface area contributed by atoms with Crippen molar-refractivity contribution in [3.63, 3.8) is 0 Å². The van der Waals surface area contributed by atoms with Crippen LogP contribution in [0.3, 0.4) is 0 Å². The van der Waals surface area contributed by atoms with Gasteiger partial charge in [-0.3, -0.25) is 10.1 Å². The molecule has 0 fully saturated rings. The summed E-state index contributed by atoms with van der Waals surface area (Å²) < 4.78 is 37.6. The fourth-order valence-corrected chi connectivity index (χ4v) is 1.64. The number of anilines is 1. The van der Waals surface area contributed by atoms with Crippen molar-refractivity contribution in [2.75, 3.05) is 5.32 Å². The fourth-order valence-electron chi connectivity index (χ4n) is 1.64. The lowest BCUT2D eigenvalue weighted by atomic mass is 10.1. The molecule has 0 aromatic heterocycles. The van der Waals surface area contributed by atoms with Crippen LogP contribution in [0.4, 0.5) is 24.5 Å². The zero-order chi connectivity index (χ0) is 15.3. The number of nitro benzene ring substituents is 1. The first-order valence-corrected chi connectivity index (χ1v) is 5.85. The number of benzene rings is 1. The summed E-state index contributed by atoms with van der Waals surface area (Å²) in [6.07, 6.45) is 1.47. The molecule has 1 aromatic rings. The second-order valence-corrected chi connectivity index (χ2v) is 4.14. The van der Waals surface area contributed by atoms with Crippen molar-refractivity contribution >= 4 is 11.4 Å². The average molecular weight is 286 g/mol. The smallest absolute Gasteiger partial charge is 0.376 e. The molecule has 7 heteroatoms. The summed E-state index contributed by atoms with van der Waals surface area (Å²) in [5, 5.41) is 13.7. The van der Waals surface area contributed by atoms with E-state index in [9.17, 15) is 23.3 Å². The Kier molecular flexibility index (Phi) is 4.97. The Labute approximate surface area is 114 Å². The zero-order valence-electron chi connectivity index (χ0n) is 10.7. The normalized spacial score (nSPS) is 12.6. The van der Waals surface area contributed by atoms with Crippen LogP contribution < -0.4 is 5.32 Å². The van der Waals surface area contributed by atoms with Crippen LogP contribution in [-0.4, -0.2) is 11.0 Å². The summed E-state index contributed by atoms with van der Waals surface area (Å²) in [5.41, 5.74) is -1.64. The number of hydrogen-bond acceptors (Lipinski definition) is 3. The van der Waals surface area contributed by atoms with Crippen molar-refractivity contribution in [3.8, 4) is 12.3 Å². The highest BCUT2D eigenvalue weighted by molar-refractivity contribution is 5.63. The van der Waals surface area contributed by atoms with Gasteiger partial charge in [-0.2, -0.15) is 13.2 Å². The molecular formula is C13H13F3N2O2. The lowest BCUT2D eigenvalue weighted by Crippen LogP contribution is -2.18. The minimum atomic E-state index is -4.62. The molecule has 1 N–H and O–H groups in total. The van der Waals surface area contributed by atoms with E-state index in [1.807, 2.05) is 6.92 Å². The van der Waals surface area contributed by atoms with Gasteiger partial charge in [0.1, 0.15) is 5.69 Å². The van der Waals surface area contributed by atoms with Crippen LogP contribution in [0.1, 0.15) is 25.3 Å². The molecule has 0 bridgehead atoms. The third kappa shape index (κ3) is 3.88. The van der Waals surface area contributed by atoms with Crippen LogP contribution >= 0.6 is 0 Å². The molecule has 108 valence electrons. The molecule has 0 heterocycles. The first kappa shape index (κ1) is 15.8. The Hall–Kier alpha value is -2.23. The SMILES string of the molecule is C#CCC(CC)Nc1ccc(C(F)(F)F)cc1[N+](=O)[O-]. The minimum absolute atomic E-state index is 0.0325. The van der Waals surface area contributed by atoms with Crippen molar-refractivity contribution in [2.24, 2.45) is 0 Å². The summed E-state index contributed by atoms with van der Waals surface area (Å²) >= 11 is 0. The van der Waals surface area contributed by atoms with Gasteiger partial charge in [0.05, 0.1) is 10.5 Å². The van der Waals surface area contributed by atoms with Gasteiger partial charge in [0.2, 0.25) is 0 Å². The van der Waals surface area contributed by atoms with Gasteiger partial charge in [0.25, 0.3) is 5.69 Å². The molecule has 0 amide bonds. The summed E-state index contributed by atoms with van der Waals surface area (Å²) in [7, 11) is 0. The second kappa shape index (κ2) is 6.28. The maximum absolute atomic E-state index is 12.5. The minimum Gasteiger partial charge on any atom is -0.376 e. The number of halogens is 3. The van der Waals surface area contributed by atoms with Crippen LogP contribution in [-0.2, 0) is 6.18 Å². The van der Waals surface area contributed by atoms with Crippen molar-refractivity contribution in [1.29, 1.82) is 0 Å². The lowest BCUT2D eigenvalue weighted by Gasteiger charge is -2.16. The van der Waals surface area contributed by atoms with E-state index in [2.05, 4.69) is 11.2 Å². The number of alkyl halides is 3.